The highest BCUT2D eigenvalue weighted by Gasteiger charge is 2.16. The molecule has 1 fully saturated rings. The van der Waals surface area contributed by atoms with Crippen molar-refractivity contribution in [1.29, 1.82) is 0 Å². The number of para-hydroxylation sites is 2. The van der Waals surface area contributed by atoms with Gasteiger partial charge in [-0.15, -0.1) is 0 Å². The summed E-state index contributed by atoms with van der Waals surface area (Å²) in [4.78, 5) is 11.7. The summed E-state index contributed by atoms with van der Waals surface area (Å²) in [6, 6.07) is 7.36. The molecule has 0 bridgehead atoms. The topological polar surface area (TPSA) is 62.4 Å². The lowest BCUT2D eigenvalue weighted by Gasteiger charge is -2.14. The lowest BCUT2D eigenvalue weighted by atomic mass is 10.2. The standard InChI is InChI=1S/C12H17N3O2/c1-17-11-5-3-2-4-10(11)15-12(16)14-9-6-7-13-8-9/h2-5,9,13H,6-8H2,1H3,(H2,14,15,16). The molecule has 5 nitrogen and oxygen atoms in total. The number of amides is 2. The summed E-state index contributed by atoms with van der Waals surface area (Å²) in [6.07, 6.45) is 0.972. The third kappa shape index (κ3) is 3.10. The Balaban J connectivity index is 1.92. The van der Waals surface area contributed by atoms with Crippen LogP contribution >= 0.6 is 0 Å². The van der Waals surface area contributed by atoms with Crippen LogP contribution in [0.1, 0.15) is 6.42 Å². The number of carbonyl (C=O) groups is 1. The summed E-state index contributed by atoms with van der Waals surface area (Å²) >= 11 is 0. The second-order valence-electron chi connectivity index (χ2n) is 3.99. The van der Waals surface area contributed by atoms with Gasteiger partial charge in [-0.25, -0.2) is 4.79 Å². The zero-order chi connectivity index (χ0) is 12.1. The van der Waals surface area contributed by atoms with E-state index in [2.05, 4.69) is 16.0 Å². The highest BCUT2D eigenvalue weighted by Crippen LogP contribution is 2.22. The van der Waals surface area contributed by atoms with Crippen molar-refractivity contribution in [2.24, 2.45) is 0 Å². The van der Waals surface area contributed by atoms with Gasteiger partial charge in [0.2, 0.25) is 0 Å². The summed E-state index contributed by atoms with van der Waals surface area (Å²) in [5.41, 5.74) is 0.679. The molecule has 17 heavy (non-hydrogen) atoms. The molecule has 1 aromatic carbocycles. The minimum Gasteiger partial charge on any atom is -0.495 e. The van der Waals surface area contributed by atoms with Crippen molar-refractivity contribution in [1.82, 2.24) is 10.6 Å². The molecule has 1 atom stereocenters. The van der Waals surface area contributed by atoms with Crippen LogP contribution in [0.3, 0.4) is 0 Å². The Morgan fingerprint density at radius 3 is 3.00 bits per heavy atom. The fraction of sp³-hybridized carbons (Fsp3) is 0.417. The molecule has 1 aliphatic heterocycles. The highest BCUT2D eigenvalue weighted by atomic mass is 16.5. The molecule has 1 saturated heterocycles. The van der Waals surface area contributed by atoms with Gasteiger partial charge in [0.1, 0.15) is 5.75 Å². The summed E-state index contributed by atoms with van der Waals surface area (Å²) in [5.74, 6) is 0.659. The van der Waals surface area contributed by atoms with Crippen LogP contribution in [0, 0.1) is 0 Å². The molecule has 0 saturated carbocycles. The predicted octanol–water partition coefficient (Wildman–Crippen LogP) is 1.18. The second kappa shape index (κ2) is 5.54. The monoisotopic (exact) mass is 235 g/mol. The Morgan fingerprint density at radius 2 is 2.29 bits per heavy atom. The Kier molecular flexibility index (Phi) is 3.82. The molecule has 1 aromatic rings. The van der Waals surface area contributed by atoms with Crippen LogP contribution in [-0.2, 0) is 0 Å². The number of benzene rings is 1. The van der Waals surface area contributed by atoms with Gasteiger partial charge in [0.15, 0.2) is 0 Å². The average Bonchev–Trinajstić information content (AvgIpc) is 2.82. The number of urea groups is 1. The van der Waals surface area contributed by atoms with Gasteiger partial charge in [-0.05, 0) is 25.1 Å². The molecule has 0 aromatic heterocycles. The zero-order valence-electron chi connectivity index (χ0n) is 9.82. The van der Waals surface area contributed by atoms with Crippen LogP contribution in [0.2, 0.25) is 0 Å². The van der Waals surface area contributed by atoms with Gasteiger partial charge >= 0.3 is 6.03 Å². The second-order valence-corrected chi connectivity index (χ2v) is 3.99. The van der Waals surface area contributed by atoms with Gasteiger partial charge < -0.3 is 20.7 Å². The first-order valence-electron chi connectivity index (χ1n) is 5.71. The SMILES string of the molecule is COc1ccccc1NC(=O)NC1CCNC1. The smallest absolute Gasteiger partial charge is 0.319 e. The Labute approximate surface area is 101 Å². The number of hydrogen-bond donors (Lipinski definition) is 3. The van der Waals surface area contributed by atoms with Crippen molar-refractivity contribution in [3.8, 4) is 5.75 Å². The number of carbonyl (C=O) groups excluding carboxylic acids is 1. The van der Waals surface area contributed by atoms with Gasteiger partial charge in [0, 0.05) is 12.6 Å². The molecule has 3 N–H and O–H groups in total. The van der Waals surface area contributed by atoms with Gasteiger partial charge in [-0.1, -0.05) is 12.1 Å². The fourth-order valence-corrected chi connectivity index (χ4v) is 1.87. The van der Waals surface area contributed by atoms with Crippen LogP contribution in [0.4, 0.5) is 10.5 Å². The van der Waals surface area contributed by atoms with E-state index in [1.165, 1.54) is 0 Å². The molecule has 1 aliphatic rings. The van der Waals surface area contributed by atoms with Crippen molar-refractivity contribution in [3.63, 3.8) is 0 Å². The first kappa shape index (κ1) is 11.7. The summed E-state index contributed by atoms with van der Waals surface area (Å²) in [5, 5.41) is 8.89. The Morgan fingerprint density at radius 1 is 1.47 bits per heavy atom. The molecule has 2 amide bonds. The number of rotatable bonds is 3. The molecule has 0 radical (unpaired) electrons. The molecule has 2 rings (SSSR count). The van der Waals surface area contributed by atoms with Crippen LogP contribution in [0.25, 0.3) is 0 Å². The summed E-state index contributed by atoms with van der Waals surface area (Å²) in [7, 11) is 1.58. The minimum absolute atomic E-state index is 0.191. The molecule has 5 heteroatoms. The molecule has 0 aliphatic carbocycles. The van der Waals surface area contributed by atoms with Gasteiger partial charge in [0.25, 0.3) is 0 Å². The van der Waals surface area contributed by atoms with Crippen LogP contribution in [0.15, 0.2) is 24.3 Å². The van der Waals surface area contributed by atoms with Gasteiger partial charge in [-0.3, -0.25) is 0 Å². The third-order valence-electron chi connectivity index (χ3n) is 2.75. The molecular formula is C12H17N3O2. The van der Waals surface area contributed by atoms with E-state index in [1.807, 2.05) is 24.3 Å². The maximum atomic E-state index is 11.7. The number of nitrogens with one attached hydrogen (secondary N) is 3. The van der Waals surface area contributed by atoms with Gasteiger partial charge in [-0.2, -0.15) is 0 Å². The van der Waals surface area contributed by atoms with Crippen molar-refractivity contribution >= 4 is 11.7 Å². The van der Waals surface area contributed by atoms with E-state index in [0.29, 0.717) is 11.4 Å². The van der Waals surface area contributed by atoms with Crippen molar-refractivity contribution in [2.45, 2.75) is 12.5 Å². The third-order valence-corrected chi connectivity index (χ3v) is 2.75. The number of anilines is 1. The summed E-state index contributed by atoms with van der Waals surface area (Å²) in [6.45, 7) is 1.79. The molecule has 1 unspecified atom stereocenters. The Bertz CT molecular complexity index is 389. The maximum absolute atomic E-state index is 11.7. The molecule has 92 valence electrons. The molecular weight excluding hydrogens is 218 g/mol. The highest BCUT2D eigenvalue weighted by molar-refractivity contribution is 5.91. The number of hydrogen-bond acceptors (Lipinski definition) is 3. The van der Waals surface area contributed by atoms with E-state index in [0.717, 1.165) is 19.5 Å². The van der Waals surface area contributed by atoms with Crippen molar-refractivity contribution in [2.75, 3.05) is 25.5 Å². The van der Waals surface area contributed by atoms with Gasteiger partial charge in [0.05, 0.1) is 12.8 Å². The average molecular weight is 235 g/mol. The van der Waals surface area contributed by atoms with E-state index in [4.69, 9.17) is 4.74 Å². The zero-order valence-corrected chi connectivity index (χ0v) is 9.82. The molecule has 0 spiro atoms. The van der Waals surface area contributed by atoms with Crippen molar-refractivity contribution < 1.29 is 9.53 Å². The summed E-state index contributed by atoms with van der Waals surface area (Å²) < 4.78 is 5.16. The number of methoxy groups -OCH3 is 1. The van der Waals surface area contributed by atoms with Crippen LogP contribution in [-0.4, -0.2) is 32.3 Å². The van der Waals surface area contributed by atoms with E-state index < -0.39 is 0 Å². The van der Waals surface area contributed by atoms with E-state index in [-0.39, 0.29) is 12.1 Å². The van der Waals surface area contributed by atoms with E-state index in [9.17, 15) is 4.79 Å². The lowest BCUT2D eigenvalue weighted by molar-refractivity contribution is 0.249. The van der Waals surface area contributed by atoms with Crippen LogP contribution in [0.5, 0.6) is 5.75 Å². The van der Waals surface area contributed by atoms with E-state index >= 15 is 0 Å². The fourth-order valence-electron chi connectivity index (χ4n) is 1.87. The normalized spacial score (nSPS) is 18.8. The maximum Gasteiger partial charge on any atom is 0.319 e. The lowest BCUT2D eigenvalue weighted by Crippen LogP contribution is -2.39. The largest absolute Gasteiger partial charge is 0.495 e. The van der Waals surface area contributed by atoms with Crippen molar-refractivity contribution in [3.05, 3.63) is 24.3 Å². The van der Waals surface area contributed by atoms with E-state index in [1.54, 1.807) is 7.11 Å². The first-order chi connectivity index (χ1) is 8.29. The number of ether oxygens (including phenoxy) is 1. The predicted molar refractivity (Wildman–Crippen MR) is 66.4 cm³/mol. The Hall–Kier alpha value is -1.75. The van der Waals surface area contributed by atoms with Crippen LogP contribution < -0.4 is 20.7 Å². The quantitative estimate of drug-likeness (QED) is 0.737. The molecule has 1 heterocycles. The first-order valence-corrected chi connectivity index (χ1v) is 5.71. The minimum atomic E-state index is -0.191.